The highest BCUT2D eigenvalue weighted by atomic mass is 16.5. The average molecular weight is 297 g/mol. The molecule has 0 aromatic carbocycles. The molecule has 0 rings (SSSR count). The van der Waals surface area contributed by atoms with Gasteiger partial charge in [-0.2, -0.15) is 5.26 Å². The number of methoxy groups -OCH3 is 1. The Labute approximate surface area is 127 Å². The van der Waals surface area contributed by atoms with Crippen LogP contribution < -0.4 is 10.6 Å². The first kappa shape index (κ1) is 19.4. The maximum atomic E-state index is 11.7. The van der Waals surface area contributed by atoms with Gasteiger partial charge in [0.1, 0.15) is 11.6 Å². The maximum Gasteiger partial charge on any atom is 0.263 e. The molecule has 1 amide bonds. The summed E-state index contributed by atoms with van der Waals surface area (Å²) in [7, 11) is 1.61. The molecule has 0 fully saturated rings. The summed E-state index contributed by atoms with van der Waals surface area (Å²) in [5.74, 6) is -0.361. The van der Waals surface area contributed by atoms with Gasteiger partial charge in [0, 0.05) is 46.2 Å². The van der Waals surface area contributed by atoms with Crippen LogP contribution in [-0.4, -0.2) is 45.9 Å². The van der Waals surface area contributed by atoms with Gasteiger partial charge >= 0.3 is 0 Å². The Kier molecular flexibility index (Phi) is 13.7. The van der Waals surface area contributed by atoms with Gasteiger partial charge in [-0.3, -0.25) is 4.79 Å². The largest absolute Gasteiger partial charge is 0.390 e. The van der Waals surface area contributed by atoms with Crippen molar-refractivity contribution in [3.8, 4) is 6.07 Å². The third-order valence-electron chi connectivity index (χ3n) is 2.67. The van der Waals surface area contributed by atoms with Crippen molar-refractivity contribution in [3.63, 3.8) is 0 Å². The van der Waals surface area contributed by atoms with Crippen LogP contribution in [-0.2, 0) is 14.3 Å². The molecule has 0 unspecified atom stereocenters. The molecular weight excluding hydrogens is 270 g/mol. The molecule has 0 aromatic rings. The van der Waals surface area contributed by atoms with E-state index in [4.69, 9.17) is 14.7 Å². The minimum Gasteiger partial charge on any atom is -0.390 e. The Hall–Kier alpha value is -1.58. The van der Waals surface area contributed by atoms with E-state index in [1.165, 1.54) is 6.20 Å². The fourth-order valence-corrected chi connectivity index (χ4v) is 1.46. The molecule has 2 N–H and O–H groups in total. The number of amides is 1. The monoisotopic (exact) mass is 297 g/mol. The zero-order valence-corrected chi connectivity index (χ0v) is 13.1. The van der Waals surface area contributed by atoms with E-state index in [1.807, 2.05) is 6.07 Å². The molecule has 0 aromatic heterocycles. The number of carbonyl (C=O) groups excluding carboxylic acids is 1. The maximum absolute atomic E-state index is 11.7. The second kappa shape index (κ2) is 14.8. The minimum absolute atomic E-state index is 0.0827. The van der Waals surface area contributed by atoms with E-state index in [1.54, 1.807) is 7.11 Å². The Morgan fingerprint density at radius 2 is 1.90 bits per heavy atom. The van der Waals surface area contributed by atoms with E-state index in [9.17, 15) is 4.79 Å². The van der Waals surface area contributed by atoms with Gasteiger partial charge in [0.25, 0.3) is 5.91 Å². The lowest BCUT2D eigenvalue weighted by Gasteiger charge is -2.05. The molecule has 0 aliphatic rings. The highest BCUT2D eigenvalue weighted by Gasteiger charge is 2.07. The van der Waals surface area contributed by atoms with Crippen molar-refractivity contribution in [1.82, 2.24) is 10.6 Å². The summed E-state index contributed by atoms with van der Waals surface area (Å²) in [6.45, 7) is 5.36. The summed E-state index contributed by atoms with van der Waals surface area (Å²) in [5, 5.41) is 14.6. The molecule has 0 aliphatic heterocycles. The predicted molar refractivity (Wildman–Crippen MR) is 81.5 cm³/mol. The molecular formula is C15H27N3O3. The molecule has 120 valence electrons. The zero-order valence-electron chi connectivity index (χ0n) is 13.1. The van der Waals surface area contributed by atoms with E-state index in [0.717, 1.165) is 32.3 Å². The molecule has 21 heavy (non-hydrogen) atoms. The van der Waals surface area contributed by atoms with Gasteiger partial charge < -0.3 is 20.1 Å². The third-order valence-corrected chi connectivity index (χ3v) is 2.67. The summed E-state index contributed by atoms with van der Waals surface area (Å²) in [5.41, 5.74) is 0.0827. The molecule has 0 bridgehead atoms. The van der Waals surface area contributed by atoms with E-state index in [-0.39, 0.29) is 11.5 Å². The fraction of sp³-hybridized carbons (Fsp3) is 0.733. The van der Waals surface area contributed by atoms with Crippen molar-refractivity contribution in [2.45, 2.75) is 32.6 Å². The first-order chi connectivity index (χ1) is 10.3. The molecule has 0 aliphatic carbocycles. The lowest BCUT2D eigenvalue weighted by atomic mass is 10.3. The number of carbonyl (C=O) groups is 1. The quantitative estimate of drug-likeness (QED) is 0.304. The van der Waals surface area contributed by atoms with Crippen LogP contribution in [0.1, 0.15) is 32.6 Å². The minimum atomic E-state index is -0.361. The molecule has 6 heteroatoms. The van der Waals surface area contributed by atoms with Crippen LogP contribution in [0.5, 0.6) is 0 Å². The highest BCUT2D eigenvalue weighted by Crippen LogP contribution is 1.92. The number of rotatable bonds is 13. The van der Waals surface area contributed by atoms with Gasteiger partial charge in [-0.1, -0.05) is 13.3 Å². The molecule has 0 heterocycles. The van der Waals surface area contributed by atoms with Gasteiger partial charge in [0.15, 0.2) is 0 Å². The lowest BCUT2D eigenvalue weighted by molar-refractivity contribution is -0.117. The SMILES string of the molecule is CCCCOCCCN/C=C(/C#N)C(=O)NCCCOC. The number of hydrogen-bond donors (Lipinski definition) is 2. The second-order valence-electron chi connectivity index (χ2n) is 4.55. The molecule has 6 nitrogen and oxygen atoms in total. The molecule has 0 saturated heterocycles. The number of nitrogens with zero attached hydrogens (tertiary/aromatic N) is 1. The van der Waals surface area contributed by atoms with Gasteiger partial charge in [-0.15, -0.1) is 0 Å². The summed E-state index contributed by atoms with van der Waals surface area (Å²) in [4.78, 5) is 11.7. The number of unbranched alkanes of at least 4 members (excludes halogenated alkanes) is 1. The fourth-order valence-electron chi connectivity index (χ4n) is 1.46. The van der Waals surface area contributed by atoms with Gasteiger partial charge in [0.2, 0.25) is 0 Å². The Bertz CT molecular complexity index is 338. The van der Waals surface area contributed by atoms with Crippen LogP contribution in [0.15, 0.2) is 11.8 Å². The number of nitrogens with one attached hydrogen (secondary N) is 2. The van der Waals surface area contributed by atoms with E-state index in [2.05, 4.69) is 17.6 Å². The van der Waals surface area contributed by atoms with Crippen LogP contribution in [0, 0.1) is 11.3 Å². The average Bonchev–Trinajstić information content (AvgIpc) is 2.50. The summed E-state index contributed by atoms with van der Waals surface area (Å²) < 4.78 is 10.3. The van der Waals surface area contributed by atoms with Crippen LogP contribution in [0.4, 0.5) is 0 Å². The molecule has 0 radical (unpaired) electrons. The topological polar surface area (TPSA) is 83.4 Å². The van der Waals surface area contributed by atoms with Gasteiger partial charge in [-0.05, 0) is 19.3 Å². The Morgan fingerprint density at radius 1 is 1.19 bits per heavy atom. The first-order valence-electron chi connectivity index (χ1n) is 7.44. The summed E-state index contributed by atoms with van der Waals surface area (Å²) >= 11 is 0. The Morgan fingerprint density at radius 3 is 2.57 bits per heavy atom. The van der Waals surface area contributed by atoms with Crippen LogP contribution in [0.3, 0.4) is 0 Å². The van der Waals surface area contributed by atoms with E-state index < -0.39 is 0 Å². The number of nitriles is 1. The van der Waals surface area contributed by atoms with Crippen molar-refractivity contribution < 1.29 is 14.3 Å². The van der Waals surface area contributed by atoms with Crippen LogP contribution in [0.2, 0.25) is 0 Å². The van der Waals surface area contributed by atoms with Gasteiger partial charge in [-0.25, -0.2) is 0 Å². The zero-order chi connectivity index (χ0) is 15.8. The van der Waals surface area contributed by atoms with Gasteiger partial charge in [0.05, 0.1) is 0 Å². The van der Waals surface area contributed by atoms with Crippen molar-refractivity contribution in [2.75, 3.05) is 40.0 Å². The van der Waals surface area contributed by atoms with E-state index >= 15 is 0 Å². The second-order valence-corrected chi connectivity index (χ2v) is 4.55. The normalized spacial score (nSPS) is 11.0. The highest BCUT2D eigenvalue weighted by molar-refractivity contribution is 5.97. The van der Waals surface area contributed by atoms with Crippen molar-refractivity contribution in [1.29, 1.82) is 5.26 Å². The molecule has 0 saturated carbocycles. The van der Waals surface area contributed by atoms with Crippen molar-refractivity contribution in [3.05, 3.63) is 11.8 Å². The Balaban J connectivity index is 3.74. The van der Waals surface area contributed by atoms with E-state index in [0.29, 0.717) is 26.3 Å². The first-order valence-corrected chi connectivity index (χ1v) is 7.44. The third kappa shape index (κ3) is 11.9. The standard InChI is InChI=1S/C15H27N3O3/c1-3-4-10-21-11-5-7-17-13-14(12-16)15(19)18-8-6-9-20-2/h13,17H,3-11H2,1-2H3,(H,18,19)/b14-13-. The predicted octanol–water partition coefficient (Wildman–Crippen LogP) is 1.34. The molecule has 0 spiro atoms. The summed E-state index contributed by atoms with van der Waals surface area (Å²) in [6.07, 6.45) is 5.23. The number of hydrogen-bond acceptors (Lipinski definition) is 5. The smallest absolute Gasteiger partial charge is 0.263 e. The van der Waals surface area contributed by atoms with Crippen molar-refractivity contribution in [2.24, 2.45) is 0 Å². The number of ether oxygens (including phenoxy) is 2. The lowest BCUT2D eigenvalue weighted by Crippen LogP contribution is -2.27. The van der Waals surface area contributed by atoms with Crippen LogP contribution >= 0.6 is 0 Å². The molecule has 0 atom stereocenters. The summed E-state index contributed by atoms with van der Waals surface area (Å²) in [6, 6.07) is 1.89. The van der Waals surface area contributed by atoms with Crippen molar-refractivity contribution >= 4 is 5.91 Å². The van der Waals surface area contributed by atoms with Crippen LogP contribution in [0.25, 0.3) is 0 Å².